The normalized spacial score (nSPS) is 16.4. The van der Waals surface area contributed by atoms with Crippen molar-refractivity contribution >= 4 is 17.2 Å². The van der Waals surface area contributed by atoms with Gasteiger partial charge >= 0.3 is 0 Å². The van der Waals surface area contributed by atoms with Crippen molar-refractivity contribution in [1.82, 2.24) is 15.5 Å². The third kappa shape index (κ3) is 3.78. The standard InChI is InChI=1S/C18H23N3OS/c1-13-6-5-7-15(10-13)18(8-3-4-9-18)12-19-16(22)11-17-21-20-14(2)23-17/h5-7,10H,3-4,8-9,11-12H2,1-2H3,(H,19,22). The van der Waals surface area contributed by atoms with Gasteiger partial charge in [-0.2, -0.15) is 0 Å². The van der Waals surface area contributed by atoms with Gasteiger partial charge < -0.3 is 5.32 Å². The molecule has 0 spiro atoms. The van der Waals surface area contributed by atoms with E-state index in [4.69, 9.17) is 0 Å². The molecule has 1 aliphatic carbocycles. The Balaban J connectivity index is 1.67. The van der Waals surface area contributed by atoms with Crippen LogP contribution in [0.3, 0.4) is 0 Å². The highest BCUT2D eigenvalue weighted by Gasteiger charge is 2.35. The van der Waals surface area contributed by atoms with Gasteiger partial charge in [-0.3, -0.25) is 4.79 Å². The van der Waals surface area contributed by atoms with Gasteiger partial charge in [0.05, 0.1) is 6.42 Å². The van der Waals surface area contributed by atoms with Crippen molar-refractivity contribution in [2.24, 2.45) is 0 Å². The molecule has 5 heteroatoms. The van der Waals surface area contributed by atoms with E-state index in [0.29, 0.717) is 13.0 Å². The van der Waals surface area contributed by atoms with E-state index in [1.165, 1.54) is 35.3 Å². The summed E-state index contributed by atoms with van der Waals surface area (Å²) in [6, 6.07) is 8.73. The molecular weight excluding hydrogens is 306 g/mol. The smallest absolute Gasteiger partial charge is 0.226 e. The lowest BCUT2D eigenvalue weighted by Gasteiger charge is -2.30. The first-order valence-electron chi connectivity index (χ1n) is 8.20. The molecule has 0 atom stereocenters. The lowest BCUT2D eigenvalue weighted by Crippen LogP contribution is -2.39. The van der Waals surface area contributed by atoms with Crippen molar-refractivity contribution in [3.05, 3.63) is 45.4 Å². The summed E-state index contributed by atoms with van der Waals surface area (Å²) in [5.74, 6) is 0.0417. The molecular formula is C18H23N3OS. The number of carbonyl (C=O) groups is 1. The third-order valence-corrected chi connectivity index (χ3v) is 5.53. The molecule has 1 amide bonds. The molecule has 2 aromatic rings. The molecule has 1 saturated carbocycles. The van der Waals surface area contributed by atoms with Crippen LogP contribution in [0.15, 0.2) is 24.3 Å². The maximum atomic E-state index is 12.2. The average Bonchev–Trinajstić information content (AvgIpc) is 3.15. The number of hydrogen-bond acceptors (Lipinski definition) is 4. The SMILES string of the molecule is Cc1cccc(C2(CNC(=O)Cc3nnc(C)s3)CCCC2)c1. The first-order valence-corrected chi connectivity index (χ1v) is 9.02. The number of carbonyl (C=O) groups excluding carboxylic acids is 1. The second kappa shape index (κ2) is 6.79. The van der Waals surface area contributed by atoms with Crippen molar-refractivity contribution in [1.29, 1.82) is 0 Å². The minimum Gasteiger partial charge on any atom is -0.355 e. The topological polar surface area (TPSA) is 54.9 Å². The number of benzene rings is 1. The summed E-state index contributed by atoms with van der Waals surface area (Å²) in [7, 11) is 0. The Hall–Kier alpha value is -1.75. The Kier molecular flexibility index (Phi) is 4.76. The zero-order chi connectivity index (χ0) is 16.3. The van der Waals surface area contributed by atoms with Crippen LogP contribution in [0.4, 0.5) is 0 Å². The molecule has 1 aromatic heterocycles. The van der Waals surface area contributed by atoms with E-state index >= 15 is 0 Å². The van der Waals surface area contributed by atoms with Crippen molar-refractivity contribution < 1.29 is 4.79 Å². The summed E-state index contributed by atoms with van der Waals surface area (Å²) in [5, 5.41) is 12.8. The van der Waals surface area contributed by atoms with Crippen LogP contribution < -0.4 is 5.32 Å². The summed E-state index contributed by atoms with van der Waals surface area (Å²) in [5.41, 5.74) is 2.74. The van der Waals surface area contributed by atoms with E-state index in [0.717, 1.165) is 22.9 Å². The fourth-order valence-electron chi connectivity index (χ4n) is 3.47. The molecule has 1 heterocycles. The van der Waals surface area contributed by atoms with Crippen LogP contribution in [-0.2, 0) is 16.6 Å². The van der Waals surface area contributed by atoms with Gasteiger partial charge in [-0.25, -0.2) is 0 Å². The number of nitrogens with zero attached hydrogens (tertiary/aromatic N) is 2. The van der Waals surface area contributed by atoms with E-state index in [9.17, 15) is 4.79 Å². The fraction of sp³-hybridized carbons (Fsp3) is 0.500. The predicted octanol–water partition coefficient (Wildman–Crippen LogP) is 3.33. The zero-order valence-electron chi connectivity index (χ0n) is 13.8. The second-order valence-corrected chi connectivity index (χ2v) is 7.79. The van der Waals surface area contributed by atoms with Gasteiger partial charge in [0.1, 0.15) is 10.0 Å². The Morgan fingerprint density at radius 2 is 2.04 bits per heavy atom. The summed E-state index contributed by atoms with van der Waals surface area (Å²) >= 11 is 1.49. The fourth-order valence-corrected chi connectivity index (χ4v) is 4.18. The van der Waals surface area contributed by atoms with Crippen LogP contribution in [-0.4, -0.2) is 22.6 Å². The predicted molar refractivity (Wildman–Crippen MR) is 92.7 cm³/mol. The summed E-state index contributed by atoms with van der Waals surface area (Å²) in [4.78, 5) is 12.2. The lowest BCUT2D eigenvalue weighted by molar-refractivity contribution is -0.120. The molecule has 1 N–H and O–H groups in total. The highest BCUT2D eigenvalue weighted by atomic mass is 32.1. The van der Waals surface area contributed by atoms with E-state index in [1.54, 1.807) is 0 Å². The van der Waals surface area contributed by atoms with Crippen molar-refractivity contribution in [2.45, 2.75) is 51.4 Å². The molecule has 0 unspecified atom stereocenters. The highest BCUT2D eigenvalue weighted by molar-refractivity contribution is 7.11. The van der Waals surface area contributed by atoms with E-state index in [1.807, 2.05) is 6.92 Å². The van der Waals surface area contributed by atoms with Crippen molar-refractivity contribution in [3.63, 3.8) is 0 Å². The first-order chi connectivity index (χ1) is 11.1. The van der Waals surface area contributed by atoms with E-state index < -0.39 is 0 Å². The van der Waals surface area contributed by atoms with E-state index in [-0.39, 0.29) is 11.3 Å². The van der Waals surface area contributed by atoms with Crippen LogP contribution in [0, 0.1) is 13.8 Å². The molecule has 0 saturated heterocycles. The van der Waals surface area contributed by atoms with Gasteiger partial charge in [0.25, 0.3) is 0 Å². The number of amides is 1. The van der Waals surface area contributed by atoms with Gasteiger partial charge in [0, 0.05) is 12.0 Å². The van der Waals surface area contributed by atoms with Crippen LogP contribution in [0.5, 0.6) is 0 Å². The summed E-state index contributed by atoms with van der Waals surface area (Å²) < 4.78 is 0. The maximum absolute atomic E-state index is 12.2. The van der Waals surface area contributed by atoms with Gasteiger partial charge in [-0.1, -0.05) is 42.7 Å². The van der Waals surface area contributed by atoms with Crippen molar-refractivity contribution in [2.75, 3.05) is 6.54 Å². The molecule has 3 rings (SSSR count). The monoisotopic (exact) mass is 329 g/mol. The molecule has 0 radical (unpaired) electrons. The Labute approximate surface area is 141 Å². The zero-order valence-corrected chi connectivity index (χ0v) is 14.6. The molecule has 0 bridgehead atoms. The van der Waals surface area contributed by atoms with Gasteiger partial charge in [-0.05, 0) is 32.3 Å². The van der Waals surface area contributed by atoms with Crippen LogP contribution in [0.1, 0.15) is 46.8 Å². The number of nitrogens with one attached hydrogen (secondary N) is 1. The minimum atomic E-state index is 0.0417. The van der Waals surface area contributed by atoms with Crippen LogP contribution >= 0.6 is 11.3 Å². The van der Waals surface area contributed by atoms with Gasteiger partial charge in [0.2, 0.25) is 5.91 Å². The molecule has 122 valence electrons. The highest BCUT2D eigenvalue weighted by Crippen LogP contribution is 2.40. The van der Waals surface area contributed by atoms with Crippen LogP contribution in [0.2, 0.25) is 0 Å². The van der Waals surface area contributed by atoms with Gasteiger partial charge in [0.15, 0.2) is 0 Å². The van der Waals surface area contributed by atoms with Crippen molar-refractivity contribution in [3.8, 4) is 0 Å². The average molecular weight is 329 g/mol. The number of rotatable bonds is 5. The second-order valence-electron chi connectivity index (χ2n) is 6.53. The number of aromatic nitrogens is 2. The number of hydrogen-bond donors (Lipinski definition) is 1. The molecule has 1 fully saturated rings. The molecule has 1 aliphatic rings. The number of aryl methyl sites for hydroxylation is 2. The summed E-state index contributed by atoms with van der Waals surface area (Å²) in [6.07, 6.45) is 5.09. The minimum absolute atomic E-state index is 0.0417. The van der Waals surface area contributed by atoms with E-state index in [2.05, 4.69) is 46.7 Å². The first kappa shape index (κ1) is 16.1. The maximum Gasteiger partial charge on any atom is 0.226 e. The Bertz CT molecular complexity index is 689. The molecule has 23 heavy (non-hydrogen) atoms. The molecule has 1 aromatic carbocycles. The summed E-state index contributed by atoms with van der Waals surface area (Å²) in [6.45, 7) is 4.75. The lowest BCUT2D eigenvalue weighted by atomic mass is 9.78. The van der Waals surface area contributed by atoms with Gasteiger partial charge in [-0.15, -0.1) is 21.5 Å². The molecule has 4 nitrogen and oxygen atoms in total. The Morgan fingerprint density at radius 1 is 1.26 bits per heavy atom. The largest absolute Gasteiger partial charge is 0.355 e. The molecule has 0 aliphatic heterocycles. The third-order valence-electron chi connectivity index (χ3n) is 4.69. The Morgan fingerprint density at radius 3 is 2.70 bits per heavy atom. The van der Waals surface area contributed by atoms with Crippen LogP contribution in [0.25, 0.3) is 0 Å². The quantitative estimate of drug-likeness (QED) is 0.915.